The zero-order valence-corrected chi connectivity index (χ0v) is 13.3. The van der Waals surface area contributed by atoms with E-state index in [1.807, 2.05) is 51.1 Å². The smallest absolute Gasteiger partial charge is 0.362 e. The molecule has 2 aromatic carbocycles. The molecule has 0 aliphatic heterocycles. The number of fused-ring (bicyclic) bond motifs is 1. The number of nitrogens with zero attached hydrogens (tertiary/aromatic N) is 1. The number of aliphatic hydroxyl groups is 1. The van der Waals surface area contributed by atoms with Crippen molar-refractivity contribution in [2.75, 3.05) is 0 Å². The average molecular weight is 307 g/mol. The molecule has 0 unspecified atom stereocenters. The molecule has 3 rings (SSSR count). The molecule has 116 valence electrons. The summed E-state index contributed by atoms with van der Waals surface area (Å²) in [6.45, 7) is 5.79. The van der Waals surface area contributed by atoms with E-state index in [1.54, 1.807) is 6.07 Å². The van der Waals surface area contributed by atoms with Gasteiger partial charge in [0.1, 0.15) is 11.3 Å². The van der Waals surface area contributed by atoms with E-state index in [0.29, 0.717) is 16.7 Å². The Hall–Kier alpha value is -2.88. The van der Waals surface area contributed by atoms with Crippen LogP contribution in [0.3, 0.4) is 0 Å². The Balaban J connectivity index is 2.14. The second-order valence-corrected chi connectivity index (χ2v) is 5.71. The fraction of sp³-hybridized carbons (Fsp3) is 0.158. The zero-order chi connectivity index (χ0) is 16.6. The van der Waals surface area contributed by atoms with Crippen molar-refractivity contribution in [3.8, 4) is 0 Å². The van der Waals surface area contributed by atoms with Gasteiger partial charge in [0.15, 0.2) is 11.3 Å². The minimum absolute atomic E-state index is 0.00185. The fourth-order valence-electron chi connectivity index (χ4n) is 2.44. The van der Waals surface area contributed by atoms with Gasteiger partial charge in [0.2, 0.25) is 0 Å². The number of hydrogen-bond donors (Lipinski definition) is 1. The van der Waals surface area contributed by atoms with Crippen molar-refractivity contribution in [2.45, 2.75) is 20.8 Å². The minimum atomic E-state index is -0.571. The largest absolute Gasteiger partial charge is 0.507 e. The van der Waals surface area contributed by atoms with Crippen LogP contribution in [0.15, 0.2) is 45.6 Å². The number of benzene rings is 2. The SMILES string of the molecule is Cc1ccc(C)c(/C(O)=C\c2nc3cc(C)ccc3oc2=O)c1. The summed E-state index contributed by atoms with van der Waals surface area (Å²) in [7, 11) is 0. The minimum Gasteiger partial charge on any atom is -0.507 e. The van der Waals surface area contributed by atoms with Gasteiger partial charge in [0.25, 0.3) is 0 Å². The Morgan fingerprint density at radius 2 is 1.78 bits per heavy atom. The normalized spacial score (nSPS) is 11.9. The lowest BCUT2D eigenvalue weighted by molar-refractivity contribution is 0.513. The first-order valence-corrected chi connectivity index (χ1v) is 7.34. The summed E-state index contributed by atoms with van der Waals surface area (Å²) in [6, 6.07) is 11.2. The number of hydrogen-bond acceptors (Lipinski definition) is 4. The molecule has 0 atom stereocenters. The molecule has 4 nitrogen and oxygen atoms in total. The van der Waals surface area contributed by atoms with Crippen molar-refractivity contribution in [3.63, 3.8) is 0 Å². The highest BCUT2D eigenvalue weighted by molar-refractivity contribution is 5.79. The molecule has 3 aromatic rings. The third kappa shape index (κ3) is 3.01. The summed E-state index contributed by atoms with van der Waals surface area (Å²) >= 11 is 0. The summed E-state index contributed by atoms with van der Waals surface area (Å²) in [5.74, 6) is -0.00185. The molecule has 0 saturated carbocycles. The second kappa shape index (κ2) is 5.72. The van der Waals surface area contributed by atoms with Crippen molar-refractivity contribution in [1.82, 2.24) is 4.98 Å². The van der Waals surface area contributed by atoms with Crippen LogP contribution in [0.4, 0.5) is 0 Å². The van der Waals surface area contributed by atoms with E-state index >= 15 is 0 Å². The Labute approximate surface area is 133 Å². The van der Waals surface area contributed by atoms with Crippen molar-refractivity contribution < 1.29 is 9.52 Å². The first-order valence-electron chi connectivity index (χ1n) is 7.34. The van der Waals surface area contributed by atoms with Crippen LogP contribution >= 0.6 is 0 Å². The lowest BCUT2D eigenvalue weighted by Gasteiger charge is -2.06. The van der Waals surface area contributed by atoms with E-state index in [-0.39, 0.29) is 11.5 Å². The number of aliphatic hydroxyl groups excluding tert-OH is 1. The van der Waals surface area contributed by atoms with Crippen LogP contribution in [0.2, 0.25) is 0 Å². The highest BCUT2D eigenvalue weighted by Crippen LogP contribution is 2.20. The van der Waals surface area contributed by atoms with E-state index in [4.69, 9.17) is 4.42 Å². The molecule has 0 radical (unpaired) electrons. The van der Waals surface area contributed by atoms with Crippen LogP contribution in [-0.4, -0.2) is 10.1 Å². The van der Waals surface area contributed by atoms with Gasteiger partial charge in [-0.25, -0.2) is 9.78 Å². The second-order valence-electron chi connectivity index (χ2n) is 5.71. The first-order chi connectivity index (χ1) is 10.9. The van der Waals surface area contributed by atoms with Gasteiger partial charge >= 0.3 is 5.63 Å². The van der Waals surface area contributed by atoms with Gasteiger partial charge in [-0.3, -0.25) is 0 Å². The summed E-state index contributed by atoms with van der Waals surface area (Å²) in [6.07, 6.45) is 1.36. The summed E-state index contributed by atoms with van der Waals surface area (Å²) < 4.78 is 5.26. The van der Waals surface area contributed by atoms with Gasteiger partial charge in [-0.1, -0.05) is 23.8 Å². The number of aromatic nitrogens is 1. The molecule has 23 heavy (non-hydrogen) atoms. The van der Waals surface area contributed by atoms with Gasteiger partial charge in [0, 0.05) is 11.6 Å². The average Bonchev–Trinajstić information content (AvgIpc) is 2.50. The molecular formula is C19H17NO3. The monoisotopic (exact) mass is 307 g/mol. The van der Waals surface area contributed by atoms with E-state index in [0.717, 1.165) is 16.7 Å². The van der Waals surface area contributed by atoms with E-state index in [2.05, 4.69) is 4.98 Å². The molecule has 0 fully saturated rings. The van der Waals surface area contributed by atoms with E-state index in [9.17, 15) is 9.90 Å². The van der Waals surface area contributed by atoms with Crippen LogP contribution in [-0.2, 0) is 0 Å². The quantitative estimate of drug-likeness (QED) is 0.722. The Bertz CT molecular complexity index is 984. The third-order valence-electron chi connectivity index (χ3n) is 3.71. The number of aryl methyl sites for hydroxylation is 3. The molecule has 0 aliphatic rings. The Morgan fingerprint density at radius 3 is 2.57 bits per heavy atom. The molecule has 0 amide bonds. The van der Waals surface area contributed by atoms with Gasteiger partial charge in [-0.05, 0) is 50.1 Å². The Morgan fingerprint density at radius 1 is 1.09 bits per heavy atom. The third-order valence-corrected chi connectivity index (χ3v) is 3.71. The predicted molar refractivity (Wildman–Crippen MR) is 91.4 cm³/mol. The highest BCUT2D eigenvalue weighted by atomic mass is 16.4. The van der Waals surface area contributed by atoms with Crippen molar-refractivity contribution in [1.29, 1.82) is 0 Å². The molecule has 1 aromatic heterocycles. The van der Waals surface area contributed by atoms with Crippen LogP contribution in [0.25, 0.3) is 22.9 Å². The molecule has 4 heteroatoms. The molecule has 0 saturated heterocycles. The van der Waals surface area contributed by atoms with Crippen LogP contribution in [0.1, 0.15) is 27.9 Å². The first kappa shape index (κ1) is 15.0. The van der Waals surface area contributed by atoms with Crippen molar-refractivity contribution in [2.24, 2.45) is 0 Å². The standard InChI is InChI=1S/C19H17NO3/c1-11-4-6-13(3)14(8-11)17(21)10-16-19(22)23-18-7-5-12(2)9-15(18)20-16/h4-10,21H,1-3H3/b17-10+. The van der Waals surface area contributed by atoms with Gasteiger partial charge < -0.3 is 9.52 Å². The molecule has 1 N–H and O–H groups in total. The maximum Gasteiger partial charge on any atom is 0.362 e. The molecule has 0 spiro atoms. The molecule has 0 aliphatic carbocycles. The van der Waals surface area contributed by atoms with Crippen LogP contribution in [0, 0.1) is 20.8 Å². The Kier molecular flexibility index (Phi) is 3.74. The van der Waals surface area contributed by atoms with Gasteiger partial charge in [-0.15, -0.1) is 0 Å². The fourth-order valence-corrected chi connectivity index (χ4v) is 2.44. The van der Waals surface area contributed by atoms with E-state index < -0.39 is 5.63 Å². The molecule has 1 heterocycles. The lowest BCUT2D eigenvalue weighted by Crippen LogP contribution is -2.07. The van der Waals surface area contributed by atoms with Crippen molar-refractivity contribution in [3.05, 3.63) is 74.8 Å². The maximum absolute atomic E-state index is 12.1. The van der Waals surface area contributed by atoms with Gasteiger partial charge in [-0.2, -0.15) is 0 Å². The number of rotatable bonds is 2. The summed E-state index contributed by atoms with van der Waals surface area (Å²) in [5, 5.41) is 10.4. The highest BCUT2D eigenvalue weighted by Gasteiger charge is 2.09. The molecule has 0 bridgehead atoms. The summed E-state index contributed by atoms with van der Waals surface area (Å²) in [5.41, 5.74) is 4.18. The zero-order valence-electron chi connectivity index (χ0n) is 13.3. The van der Waals surface area contributed by atoms with Crippen LogP contribution in [0.5, 0.6) is 0 Å². The maximum atomic E-state index is 12.1. The van der Waals surface area contributed by atoms with Crippen LogP contribution < -0.4 is 5.63 Å². The van der Waals surface area contributed by atoms with Crippen molar-refractivity contribution >= 4 is 22.9 Å². The topological polar surface area (TPSA) is 63.3 Å². The lowest BCUT2D eigenvalue weighted by atomic mass is 10.0. The van der Waals surface area contributed by atoms with E-state index in [1.165, 1.54) is 6.08 Å². The van der Waals surface area contributed by atoms with Gasteiger partial charge in [0.05, 0.1) is 0 Å². The molecular weight excluding hydrogens is 290 g/mol. The summed E-state index contributed by atoms with van der Waals surface area (Å²) in [4.78, 5) is 16.4. The predicted octanol–water partition coefficient (Wildman–Crippen LogP) is 4.17.